The van der Waals surface area contributed by atoms with Crippen molar-refractivity contribution in [3.63, 3.8) is 0 Å². The van der Waals surface area contributed by atoms with Crippen molar-refractivity contribution in [1.29, 1.82) is 0 Å². The summed E-state index contributed by atoms with van der Waals surface area (Å²) in [5.41, 5.74) is 1.04. The summed E-state index contributed by atoms with van der Waals surface area (Å²) in [6.45, 7) is 2.91. The quantitative estimate of drug-likeness (QED) is 0.555. The van der Waals surface area contributed by atoms with Crippen molar-refractivity contribution in [1.82, 2.24) is 15.1 Å². The molecule has 0 radical (unpaired) electrons. The Morgan fingerprint density at radius 1 is 1.00 bits per heavy atom. The first-order chi connectivity index (χ1) is 16.2. The van der Waals surface area contributed by atoms with Crippen LogP contribution in [0.3, 0.4) is 0 Å². The summed E-state index contributed by atoms with van der Waals surface area (Å²) in [5.74, 6) is -1.41. The summed E-state index contributed by atoms with van der Waals surface area (Å²) < 4.78 is 0. The summed E-state index contributed by atoms with van der Waals surface area (Å²) in [7, 11) is 1.46. The second-order valence-corrected chi connectivity index (χ2v) is 8.64. The van der Waals surface area contributed by atoms with Gasteiger partial charge in [-0.25, -0.2) is 4.79 Å². The molecule has 1 atom stereocenters. The smallest absolute Gasteiger partial charge is 0.325 e. The zero-order valence-corrected chi connectivity index (χ0v) is 19.3. The number of rotatable bonds is 6. The highest BCUT2D eigenvalue weighted by molar-refractivity contribution is 6.11. The predicted molar refractivity (Wildman–Crippen MR) is 129 cm³/mol. The second-order valence-electron chi connectivity index (χ2n) is 8.64. The molecule has 8 nitrogen and oxygen atoms in total. The lowest BCUT2D eigenvalue weighted by molar-refractivity contribution is -0.139. The molecule has 0 aromatic heterocycles. The SMILES string of the molecule is Cc1ccc(NC(=O)CN(C)C(=O)CN2C(=O)NC(C)(c3cccc4ccccc34)C2=O)cc1. The van der Waals surface area contributed by atoms with Gasteiger partial charge in [0, 0.05) is 12.7 Å². The number of fused-ring (bicyclic) bond motifs is 1. The van der Waals surface area contributed by atoms with Crippen LogP contribution < -0.4 is 10.6 Å². The molecule has 5 amide bonds. The third-order valence-electron chi connectivity index (χ3n) is 6.04. The topological polar surface area (TPSA) is 98.8 Å². The molecule has 174 valence electrons. The number of hydrogen-bond acceptors (Lipinski definition) is 4. The molecule has 0 aliphatic carbocycles. The van der Waals surface area contributed by atoms with E-state index in [2.05, 4.69) is 10.6 Å². The van der Waals surface area contributed by atoms with E-state index in [-0.39, 0.29) is 12.5 Å². The Morgan fingerprint density at radius 3 is 2.41 bits per heavy atom. The van der Waals surface area contributed by atoms with Crippen LogP contribution in [0, 0.1) is 6.92 Å². The van der Waals surface area contributed by atoms with Gasteiger partial charge in [0.25, 0.3) is 5.91 Å². The zero-order chi connectivity index (χ0) is 24.5. The van der Waals surface area contributed by atoms with Gasteiger partial charge in [0.1, 0.15) is 12.1 Å². The van der Waals surface area contributed by atoms with Gasteiger partial charge in [-0.05, 0) is 42.3 Å². The zero-order valence-electron chi connectivity index (χ0n) is 19.3. The van der Waals surface area contributed by atoms with Gasteiger partial charge in [0.15, 0.2) is 0 Å². The summed E-state index contributed by atoms with van der Waals surface area (Å²) in [6.07, 6.45) is 0. The number of carbonyl (C=O) groups excluding carboxylic acids is 4. The van der Waals surface area contributed by atoms with Gasteiger partial charge in [-0.2, -0.15) is 0 Å². The van der Waals surface area contributed by atoms with Gasteiger partial charge in [0.05, 0.1) is 6.54 Å². The molecular formula is C26H26N4O4. The van der Waals surface area contributed by atoms with Crippen LogP contribution in [0.5, 0.6) is 0 Å². The van der Waals surface area contributed by atoms with Crippen LogP contribution in [-0.4, -0.2) is 53.7 Å². The summed E-state index contributed by atoms with van der Waals surface area (Å²) in [4.78, 5) is 53.2. The third-order valence-corrected chi connectivity index (χ3v) is 6.04. The van der Waals surface area contributed by atoms with E-state index in [9.17, 15) is 19.2 Å². The summed E-state index contributed by atoms with van der Waals surface area (Å²) in [6, 6.07) is 19.8. The second kappa shape index (κ2) is 8.97. The van der Waals surface area contributed by atoms with Crippen molar-refractivity contribution in [3.8, 4) is 0 Å². The largest absolute Gasteiger partial charge is 0.335 e. The van der Waals surface area contributed by atoms with Crippen LogP contribution in [0.15, 0.2) is 66.7 Å². The predicted octanol–water partition coefficient (Wildman–Crippen LogP) is 3.01. The number of nitrogens with one attached hydrogen (secondary N) is 2. The minimum atomic E-state index is -1.31. The van der Waals surface area contributed by atoms with Crippen LogP contribution in [0.1, 0.15) is 18.1 Å². The van der Waals surface area contributed by atoms with Gasteiger partial charge in [-0.15, -0.1) is 0 Å². The Hall–Kier alpha value is -4.20. The molecule has 34 heavy (non-hydrogen) atoms. The number of imide groups is 1. The fourth-order valence-electron chi connectivity index (χ4n) is 4.08. The minimum absolute atomic E-state index is 0.211. The standard InChI is InChI=1S/C26H26N4O4/c1-17-11-13-19(14-12-17)27-22(31)15-29(3)23(32)16-30-24(33)26(2,28-25(30)34)21-10-6-8-18-7-4-5-9-20(18)21/h4-14H,15-16H2,1-3H3,(H,27,31)(H,28,34). The van der Waals surface area contributed by atoms with E-state index in [0.29, 0.717) is 11.3 Å². The number of amides is 5. The first kappa shape index (κ1) is 23.0. The molecule has 0 saturated carbocycles. The highest BCUT2D eigenvalue weighted by Gasteiger charge is 2.50. The Balaban J connectivity index is 1.44. The lowest BCUT2D eigenvalue weighted by atomic mass is 9.88. The Morgan fingerprint density at radius 2 is 1.68 bits per heavy atom. The van der Waals surface area contributed by atoms with E-state index in [0.717, 1.165) is 21.2 Å². The molecule has 0 spiro atoms. The Kier molecular flexibility index (Phi) is 6.06. The van der Waals surface area contributed by atoms with Crippen LogP contribution in [0.25, 0.3) is 10.8 Å². The van der Waals surface area contributed by atoms with Gasteiger partial charge in [-0.1, -0.05) is 60.2 Å². The number of hydrogen-bond donors (Lipinski definition) is 2. The number of likely N-dealkylation sites (N-methyl/N-ethyl adjacent to an activating group) is 1. The van der Waals surface area contributed by atoms with Gasteiger partial charge in [-0.3, -0.25) is 19.3 Å². The maximum Gasteiger partial charge on any atom is 0.325 e. The van der Waals surface area contributed by atoms with Gasteiger partial charge < -0.3 is 15.5 Å². The number of anilines is 1. The minimum Gasteiger partial charge on any atom is -0.335 e. The third kappa shape index (κ3) is 4.34. The molecule has 0 bridgehead atoms. The molecule has 4 rings (SSSR count). The fraction of sp³-hybridized carbons (Fsp3) is 0.231. The maximum absolute atomic E-state index is 13.3. The first-order valence-corrected chi connectivity index (χ1v) is 10.9. The monoisotopic (exact) mass is 458 g/mol. The van der Waals surface area contributed by atoms with E-state index in [4.69, 9.17) is 0 Å². The number of benzene rings is 3. The molecule has 3 aromatic rings. The van der Waals surface area contributed by atoms with Crippen molar-refractivity contribution in [2.24, 2.45) is 0 Å². The molecule has 1 unspecified atom stereocenters. The molecule has 1 aliphatic heterocycles. The highest BCUT2D eigenvalue weighted by atomic mass is 16.2. The van der Waals surface area contributed by atoms with Crippen LogP contribution in [-0.2, 0) is 19.9 Å². The normalized spacial score (nSPS) is 17.6. The van der Waals surface area contributed by atoms with Gasteiger partial charge in [0.2, 0.25) is 11.8 Å². The molecule has 8 heteroatoms. The van der Waals surface area contributed by atoms with Gasteiger partial charge >= 0.3 is 6.03 Å². The molecule has 3 aromatic carbocycles. The van der Waals surface area contributed by atoms with Crippen molar-refractivity contribution >= 4 is 40.2 Å². The van der Waals surface area contributed by atoms with Crippen LogP contribution >= 0.6 is 0 Å². The highest BCUT2D eigenvalue weighted by Crippen LogP contribution is 2.33. The van der Waals surface area contributed by atoms with E-state index >= 15 is 0 Å². The lowest BCUT2D eigenvalue weighted by Crippen LogP contribution is -2.45. The molecular weight excluding hydrogens is 432 g/mol. The van der Waals surface area contributed by atoms with Crippen molar-refractivity contribution in [2.75, 3.05) is 25.5 Å². The molecule has 1 fully saturated rings. The lowest BCUT2D eigenvalue weighted by Gasteiger charge is -2.24. The average molecular weight is 459 g/mol. The Labute approximate surface area is 197 Å². The summed E-state index contributed by atoms with van der Waals surface area (Å²) >= 11 is 0. The summed E-state index contributed by atoms with van der Waals surface area (Å²) in [5, 5.41) is 7.26. The van der Waals surface area contributed by atoms with Crippen LogP contribution in [0.2, 0.25) is 0 Å². The first-order valence-electron chi connectivity index (χ1n) is 10.9. The maximum atomic E-state index is 13.3. The fourth-order valence-corrected chi connectivity index (χ4v) is 4.08. The van der Waals surface area contributed by atoms with E-state index in [1.165, 1.54) is 11.9 Å². The molecule has 2 N–H and O–H groups in total. The van der Waals surface area contributed by atoms with Crippen LogP contribution in [0.4, 0.5) is 10.5 Å². The Bertz CT molecular complexity index is 1280. The van der Waals surface area contributed by atoms with Crippen molar-refractivity contribution < 1.29 is 19.2 Å². The number of carbonyl (C=O) groups is 4. The molecule has 1 saturated heterocycles. The van der Waals surface area contributed by atoms with Crippen molar-refractivity contribution in [2.45, 2.75) is 19.4 Å². The number of aryl methyl sites for hydroxylation is 1. The van der Waals surface area contributed by atoms with E-state index in [1.54, 1.807) is 25.1 Å². The van der Waals surface area contributed by atoms with Crippen molar-refractivity contribution in [3.05, 3.63) is 77.9 Å². The number of urea groups is 1. The molecule has 1 aliphatic rings. The van der Waals surface area contributed by atoms with E-state index in [1.807, 2.05) is 55.5 Å². The number of nitrogens with zero attached hydrogens (tertiary/aromatic N) is 2. The average Bonchev–Trinajstić information content (AvgIpc) is 3.03. The molecule has 1 heterocycles. The van der Waals surface area contributed by atoms with E-state index < -0.39 is 29.9 Å².